The van der Waals surface area contributed by atoms with Crippen molar-refractivity contribution in [2.75, 3.05) is 4.72 Å². The van der Waals surface area contributed by atoms with E-state index in [9.17, 15) is 13.2 Å². The molecule has 0 aliphatic rings. The van der Waals surface area contributed by atoms with Crippen LogP contribution in [0.1, 0.15) is 5.76 Å². The lowest BCUT2D eigenvalue weighted by molar-refractivity contribution is 0.548. The standard InChI is InChI=1S/C10H10N2O4S/c1-7-4-5-9(16-7)12-17(14,15)8-3-2-6-11-10(8)13/h2-6,12H,1H3,(H,11,13). The Morgan fingerprint density at radius 2 is 2.06 bits per heavy atom. The zero-order valence-electron chi connectivity index (χ0n) is 8.93. The maximum atomic E-state index is 11.8. The van der Waals surface area contributed by atoms with Crippen molar-refractivity contribution >= 4 is 15.9 Å². The van der Waals surface area contributed by atoms with Crippen LogP contribution in [0, 0.1) is 6.92 Å². The number of H-pyrrole nitrogens is 1. The van der Waals surface area contributed by atoms with Gasteiger partial charge in [0.15, 0.2) is 4.90 Å². The first-order chi connectivity index (χ1) is 7.99. The van der Waals surface area contributed by atoms with Crippen LogP contribution in [0.3, 0.4) is 0 Å². The van der Waals surface area contributed by atoms with Gasteiger partial charge in [0.2, 0.25) is 5.88 Å². The number of nitrogens with one attached hydrogen (secondary N) is 2. The minimum absolute atomic E-state index is 0.0748. The molecule has 6 nitrogen and oxygen atoms in total. The summed E-state index contributed by atoms with van der Waals surface area (Å²) >= 11 is 0. The van der Waals surface area contributed by atoms with E-state index in [1.54, 1.807) is 13.0 Å². The van der Waals surface area contributed by atoms with Gasteiger partial charge in [-0.1, -0.05) is 0 Å². The Labute approximate surface area is 97.3 Å². The van der Waals surface area contributed by atoms with Crippen molar-refractivity contribution in [1.82, 2.24) is 4.98 Å². The third-order valence-electron chi connectivity index (χ3n) is 2.05. The van der Waals surface area contributed by atoms with Gasteiger partial charge in [-0.2, -0.15) is 0 Å². The highest BCUT2D eigenvalue weighted by molar-refractivity contribution is 7.92. The molecule has 0 bridgehead atoms. The summed E-state index contributed by atoms with van der Waals surface area (Å²) < 4.78 is 30.9. The first-order valence-corrected chi connectivity index (χ1v) is 6.24. The highest BCUT2D eigenvalue weighted by Gasteiger charge is 2.18. The molecular formula is C10H10N2O4S. The first-order valence-electron chi connectivity index (χ1n) is 4.76. The largest absolute Gasteiger partial charge is 0.445 e. The second kappa shape index (κ2) is 4.10. The van der Waals surface area contributed by atoms with E-state index in [4.69, 9.17) is 4.42 Å². The zero-order valence-corrected chi connectivity index (χ0v) is 9.74. The highest BCUT2D eigenvalue weighted by Crippen LogP contribution is 2.16. The van der Waals surface area contributed by atoms with Crippen LogP contribution in [-0.4, -0.2) is 13.4 Å². The molecule has 2 N–H and O–H groups in total. The summed E-state index contributed by atoms with van der Waals surface area (Å²) in [5.74, 6) is 0.649. The average molecular weight is 254 g/mol. The smallest absolute Gasteiger partial charge is 0.269 e. The Bertz CT molecular complexity index is 684. The maximum Gasteiger partial charge on any atom is 0.269 e. The number of pyridine rings is 1. The number of sulfonamides is 1. The van der Waals surface area contributed by atoms with E-state index in [0.29, 0.717) is 5.76 Å². The second-order valence-electron chi connectivity index (χ2n) is 3.38. The Kier molecular flexibility index (Phi) is 2.76. The maximum absolute atomic E-state index is 11.8. The Morgan fingerprint density at radius 3 is 2.65 bits per heavy atom. The molecule has 17 heavy (non-hydrogen) atoms. The lowest BCUT2D eigenvalue weighted by atomic mass is 10.5. The lowest BCUT2D eigenvalue weighted by Gasteiger charge is -2.03. The molecule has 0 radical (unpaired) electrons. The van der Waals surface area contributed by atoms with Crippen molar-refractivity contribution in [2.24, 2.45) is 0 Å². The SMILES string of the molecule is Cc1ccc(NS(=O)(=O)c2ccc[nH]c2=O)o1. The van der Waals surface area contributed by atoms with E-state index >= 15 is 0 Å². The van der Waals surface area contributed by atoms with Gasteiger partial charge in [-0.3, -0.25) is 4.79 Å². The monoisotopic (exact) mass is 254 g/mol. The van der Waals surface area contributed by atoms with Crippen molar-refractivity contribution in [2.45, 2.75) is 11.8 Å². The van der Waals surface area contributed by atoms with E-state index in [2.05, 4.69) is 9.71 Å². The van der Waals surface area contributed by atoms with E-state index in [-0.39, 0.29) is 10.8 Å². The van der Waals surface area contributed by atoms with Crippen LogP contribution in [0.5, 0.6) is 0 Å². The Morgan fingerprint density at radius 1 is 1.29 bits per heavy atom. The van der Waals surface area contributed by atoms with Gasteiger partial charge >= 0.3 is 0 Å². The molecule has 0 unspecified atom stereocenters. The number of hydrogen-bond donors (Lipinski definition) is 2. The minimum Gasteiger partial charge on any atom is -0.445 e. The number of anilines is 1. The number of aromatic nitrogens is 1. The third-order valence-corrected chi connectivity index (χ3v) is 3.42. The molecule has 2 aromatic heterocycles. The van der Waals surface area contributed by atoms with E-state index in [1.165, 1.54) is 24.4 Å². The fourth-order valence-corrected chi connectivity index (χ4v) is 2.34. The Balaban J connectivity index is 2.38. The van der Waals surface area contributed by atoms with Crippen molar-refractivity contribution in [1.29, 1.82) is 0 Å². The molecule has 0 spiro atoms. The topological polar surface area (TPSA) is 92.2 Å². The summed E-state index contributed by atoms with van der Waals surface area (Å²) in [4.78, 5) is 13.3. The van der Waals surface area contributed by atoms with E-state index in [0.717, 1.165) is 0 Å². The van der Waals surface area contributed by atoms with Gasteiger partial charge in [0.05, 0.1) is 0 Å². The van der Waals surface area contributed by atoms with Gasteiger partial charge < -0.3 is 9.40 Å². The van der Waals surface area contributed by atoms with Crippen LogP contribution in [-0.2, 0) is 10.0 Å². The van der Waals surface area contributed by atoms with Crippen LogP contribution in [0.15, 0.2) is 44.6 Å². The molecule has 0 amide bonds. The van der Waals surface area contributed by atoms with Crippen LogP contribution < -0.4 is 10.3 Å². The third kappa shape index (κ3) is 2.39. The predicted octanol–water partition coefficient (Wildman–Crippen LogP) is 1.08. The quantitative estimate of drug-likeness (QED) is 0.857. The fraction of sp³-hybridized carbons (Fsp3) is 0.100. The Hall–Kier alpha value is -2.02. The van der Waals surface area contributed by atoms with Gasteiger partial charge in [0.1, 0.15) is 5.76 Å². The summed E-state index contributed by atoms with van der Waals surface area (Å²) in [5, 5.41) is 0. The molecule has 7 heteroatoms. The van der Waals surface area contributed by atoms with Crippen LogP contribution in [0.25, 0.3) is 0 Å². The summed E-state index contributed by atoms with van der Waals surface area (Å²) in [6, 6.07) is 5.75. The molecule has 0 aliphatic carbocycles. The first kappa shape index (κ1) is 11.5. The molecule has 0 aliphatic heterocycles. The van der Waals surface area contributed by atoms with E-state index in [1.807, 2.05) is 0 Å². The van der Waals surface area contributed by atoms with Crippen molar-refractivity contribution < 1.29 is 12.8 Å². The van der Waals surface area contributed by atoms with Gasteiger partial charge in [0.25, 0.3) is 15.6 Å². The minimum atomic E-state index is -3.92. The lowest BCUT2D eigenvalue weighted by Crippen LogP contribution is -2.22. The summed E-state index contributed by atoms with van der Waals surface area (Å²) in [7, 11) is -3.92. The number of aromatic amines is 1. The number of hydrogen-bond acceptors (Lipinski definition) is 4. The van der Waals surface area contributed by atoms with Gasteiger partial charge in [-0.25, -0.2) is 13.1 Å². The highest BCUT2D eigenvalue weighted by atomic mass is 32.2. The number of furan rings is 1. The molecule has 0 atom stereocenters. The van der Waals surface area contributed by atoms with Crippen LogP contribution in [0.2, 0.25) is 0 Å². The molecule has 2 aromatic rings. The van der Waals surface area contributed by atoms with Crippen molar-refractivity contribution in [3.63, 3.8) is 0 Å². The molecule has 0 saturated heterocycles. The van der Waals surface area contributed by atoms with Gasteiger partial charge in [-0.05, 0) is 25.1 Å². The van der Waals surface area contributed by atoms with Crippen molar-refractivity contribution in [3.8, 4) is 0 Å². The van der Waals surface area contributed by atoms with Gasteiger partial charge in [-0.15, -0.1) is 0 Å². The number of rotatable bonds is 3. The normalized spacial score (nSPS) is 11.4. The molecule has 2 heterocycles. The molecule has 0 saturated carbocycles. The zero-order chi connectivity index (χ0) is 12.5. The van der Waals surface area contributed by atoms with Crippen molar-refractivity contribution in [3.05, 3.63) is 46.6 Å². The molecule has 0 aromatic carbocycles. The average Bonchev–Trinajstić information content (AvgIpc) is 2.63. The summed E-state index contributed by atoms with van der Waals surface area (Å²) in [5.41, 5.74) is -0.678. The van der Waals surface area contributed by atoms with E-state index < -0.39 is 15.6 Å². The van der Waals surface area contributed by atoms with Crippen LogP contribution >= 0.6 is 0 Å². The van der Waals surface area contributed by atoms with Gasteiger partial charge in [0, 0.05) is 12.3 Å². The molecule has 90 valence electrons. The molecule has 0 fully saturated rings. The molecule has 2 rings (SSSR count). The predicted molar refractivity (Wildman–Crippen MR) is 61.3 cm³/mol. The number of aryl methyl sites for hydroxylation is 1. The van der Waals surface area contributed by atoms with Crippen LogP contribution in [0.4, 0.5) is 5.88 Å². The molecular weight excluding hydrogens is 244 g/mol. The summed E-state index contributed by atoms with van der Waals surface area (Å²) in [6.45, 7) is 1.69. The summed E-state index contributed by atoms with van der Waals surface area (Å²) in [6.07, 6.45) is 1.36. The fourth-order valence-electron chi connectivity index (χ4n) is 1.29. The second-order valence-corrected chi connectivity index (χ2v) is 5.03.